The highest BCUT2D eigenvalue weighted by atomic mass is 17.3. The van der Waals surface area contributed by atoms with E-state index in [1.165, 1.54) is 57.8 Å². The zero-order valence-corrected chi connectivity index (χ0v) is 10.2. The highest BCUT2D eigenvalue weighted by Gasteiger charge is 1.92. The molecule has 0 bridgehead atoms. The van der Waals surface area contributed by atoms with Gasteiger partial charge in [0.15, 0.2) is 0 Å². The summed E-state index contributed by atoms with van der Waals surface area (Å²) in [6.07, 6.45) is 13.3. The molecular formula is C12H27NO2. The lowest BCUT2D eigenvalue weighted by Crippen LogP contribution is -2.01. The predicted molar refractivity (Wildman–Crippen MR) is 63.1 cm³/mol. The van der Waals surface area contributed by atoms with Gasteiger partial charge in [-0.25, -0.2) is 4.89 Å². The molecule has 0 radical (unpaired) electrons. The van der Waals surface area contributed by atoms with Crippen molar-refractivity contribution in [1.82, 2.24) is 0 Å². The smallest absolute Gasteiger partial charge is 0.0842 e. The summed E-state index contributed by atoms with van der Waals surface area (Å²) in [6.45, 7) is 2.88. The third kappa shape index (κ3) is 13.9. The summed E-state index contributed by atoms with van der Waals surface area (Å²) in [6, 6.07) is 0. The summed E-state index contributed by atoms with van der Waals surface area (Å²) in [4.78, 5) is 8.61. The van der Waals surface area contributed by atoms with E-state index in [2.05, 4.69) is 16.8 Å². The van der Waals surface area contributed by atoms with Crippen LogP contribution in [-0.2, 0) is 9.88 Å². The Bertz CT molecular complexity index is 97.8. The van der Waals surface area contributed by atoms with Gasteiger partial charge in [-0.2, -0.15) is 5.90 Å². The topological polar surface area (TPSA) is 44.5 Å². The largest absolute Gasteiger partial charge is 0.218 e. The van der Waals surface area contributed by atoms with E-state index >= 15 is 0 Å². The maximum atomic E-state index is 4.73. The molecule has 0 aromatic rings. The maximum absolute atomic E-state index is 4.73. The van der Waals surface area contributed by atoms with Crippen molar-refractivity contribution in [2.24, 2.45) is 5.90 Å². The van der Waals surface area contributed by atoms with E-state index in [1.54, 1.807) is 0 Å². The van der Waals surface area contributed by atoms with Gasteiger partial charge in [0.2, 0.25) is 0 Å². The molecule has 15 heavy (non-hydrogen) atoms. The van der Waals surface area contributed by atoms with Crippen LogP contribution in [0.1, 0.15) is 71.1 Å². The second-order valence-electron chi connectivity index (χ2n) is 4.10. The van der Waals surface area contributed by atoms with E-state index in [9.17, 15) is 0 Å². The molecule has 0 saturated carbocycles. The number of nitrogens with two attached hydrogens (primary N) is 1. The molecule has 0 aromatic heterocycles. The van der Waals surface area contributed by atoms with Crippen molar-refractivity contribution in [3.05, 3.63) is 0 Å². The van der Waals surface area contributed by atoms with Crippen molar-refractivity contribution in [1.29, 1.82) is 0 Å². The Morgan fingerprint density at radius 1 is 0.733 bits per heavy atom. The second-order valence-corrected chi connectivity index (χ2v) is 4.10. The lowest BCUT2D eigenvalue weighted by molar-refractivity contribution is -0.299. The summed E-state index contributed by atoms with van der Waals surface area (Å²) in [7, 11) is 0. The van der Waals surface area contributed by atoms with Gasteiger partial charge in [0.25, 0.3) is 0 Å². The number of unbranched alkanes of at least 4 members (excludes halogenated alkanes) is 9. The molecule has 3 heteroatoms. The fourth-order valence-corrected chi connectivity index (χ4v) is 1.70. The summed E-state index contributed by atoms with van der Waals surface area (Å²) in [5, 5.41) is 0. The van der Waals surface area contributed by atoms with Crippen molar-refractivity contribution in [2.75, 3.05) is 6.61 Å². The lowest BCUT2D eigenvalue weighted by atomic mass is 10.1. The SMILES string of the molecule is CCCCCCCCCCCCOON. The van der Waals surface area contributed by atoms with Crippen LogP contribution in [0.2, 0.25) is 0 Å². The Kier molecular flexibility index (Phi) is 13.8. The molecule has 3 nitrogen and oxygen atoms in total. The van der Waals surface area contributed by atoms with Gasteiger partial charge in [-0.3, -0.25) is 0 Å². The minimum absolute atomic E-state index is 0.618. The Hall–Kier alpha value is -0.120. The maximum Gasteiger partial charge on any atom is 0.0842 e. The first-order chi connectivity index (χ1) is 7.41. The molecule has 0 aliphatic carbocycles. The zero-order chi connectivity index (χ0) is 11.2. The van der Waals surface area contributed by atoms with Crippen molar-refractivity contribution in [3.8, 4) is 0 Å². The molecule has 2 N–H and O–H groups in total. The molecule has 0 amide bonds. The van der Waals surface area contributed by atoms with Crippen molar-refractivity contribution in [2.45, 2.75) is 71.1 Å². The average Bonchev–Trinajstić information content (AvgIpc) is 2.26. The van der Waals surface area contributed by atoms with Crippen LogP contribution in [-0.4, -0.2) is 6.61 Å². The first-order valence-corrected chi connectivity index (χ1v) is 6.40. The monoisotopic (exact) mass is 217 g/mol. The van der Waals surface area contributed by atoms with Gasteiger partial charge < -0.3 is 0 Å². The van der Waals surface area contributed by atoms with E-state index in [-0.39, 0.29) is 0 Å². The minimum atomic E-state index is 0.618. The highest BCUT2D eigenvalue weighted by molar-refractivity contribution is 4.46. The first-order valence-electron chi connectivity index (χ1n) is 6.40. The number of hydrogen-bond acceptors (Lipinski definition) is 3. The zero-order valence-electron chi connectivity index (χ0n) is 10.2. The van der Waals surface area contributed by atoms with E-state index in [1.807, 2.05) is 0 Å². The van der Waals surface area contributed by atoms with Crippen LogP contribution in [0.4, 0.5) is 0 Å². The molecule has 0 spiro atoms. The summed E-state index contributed by atoms with van der Waals surface area (Å²) in [5.74, 6) is 4.73. The van der Waals surface area contributed by atoms with E-state index in [4.69, 9.17) is 5.90 Å². The van der Waals surface area contributed by atoms with Crippen molar-refractivity contribution >= 4 is 0 Å². The van der Waals surface area contributed by atoms with Gasteiger partial charge >= 0.3 is 0 Å². The molecular weight excluding hydrogens is 190 g/mol. The Labute approximate surface area is 94.2 Å². The van der Waals surface area contributed by atoms with Crippen LogP contribution in [0.5, 0.6) is 0 Å². The van der Waals surface area contributed by atoms with Crippen LogP contribution in [0.25, 0.3) is 0 Å². The van der Waals surface area contributed by atoms with Gasteiger partial charge in [0.1, 0.15) is 0 Å². The summed E-state index contributed by atoms with van der Waals surface area (Å²) in [5.41, 5.74) is 0. The van der Waals surface area contributed by atoms with Crippen LogP contribution >= 0.6 is 0 Å². The highest BCUT2D eigenvalue weighted by Crippen LogP contribution is 2.10. The standard InChI is InChI=1S/C12H27NO2/c1-2-3-4-5-6-7-8-9-10-11-12-14-15-13/h2-13H2,1H3. The van der Waals surface area contributed by atoms with E-state index in [0.717, 1.165) is 6.42 Å². The molecule has 0 aromatic carbocycles. The van der Waals surface area contributed by atoms with Crippen LogP contribution in [0, 0.1) is 0 Å². The lowest BCUT2D eigenvalue weighted by Gasteiger charge is -2.01. The van der Waals surface area contributed by atoms with Gasteiger partial charge in [0.05, 0.1) is 6.61 Å². The Morgan fingerprint density at radius 3 is 1.67 bits per heavy atom. The van der Waals surface area contributed by atoms with E-state index < -0.39 is 0 Å². The second kappa shape index (κ2) is 13.9. The van der Waals surface area contributed by atoms with Gasteiger partial charge in [0, 0.05) is 0 Å². The van der Waals surface area contributed by atoms with Gasteiger partial charge in [-0.1, -0.05) is 64.7 Å². The fraction of sp³-hybridized carbons (Fsp3) is 1.00. The molecule has 0 fully saturated rings. The molecule has 0 atom stereocenters. The Balaban J connectivity index is 2.81. The Morgan fingerprint density at radius 2 is 1.20 bits per heavy atom. The number of hydrogen-bond donors (Lipinski definition) is 1. The summed E-state index contributed by atoms with van der Waals surface area (Å²) < 4.78 is 0. The average molecular weight is 217 g/mol. The molecule has 92 valence electrons. The molecule has 0 heterocycles. The van der Waals surface area contributed by atoms with Crippen molar-refractivity contribution < 1.29 is 9.88 Å². The summed E-state index contributed by atoms with van der Waals surface area (Å²) >= 11 is 0. The molecule has 0 saturated heterocycles. The van der Waals surface area contributed by atoms with Crippen LogP contribution < -0.4 is 5.90 Å². The molecule has 0 rings (SSSR count). The van der Waals surface area contributed by atoms with Crippen molar-refractivity contribution in [3.63, 3.8) is 0 Å². The quantitative estimate of drug-likeness (QED) is 0.308. The third-order valence-corrected chi connectivity index (χ3v) is 2.65. The minimum Gasteiger partial charge on any atom is -0.218 e. The fourth-order valence-electron chi connectivity index (χ4n) is 1.70. The third-order valence-electron chi connectivity index (χ3n) is 2.65. The molecule has 0 unspecified atom stereocenters. The molecule has 0 aliphatic heterocycles. The van der Waals surface area contributed by atoms with Crippen LogP contribution in [0.15, 0.2) is 0 Å². The molecule has 0 aliphatic rings. The number of rotatable bonds is 12. The predicted octanol–water partition coefficient (Wildman–Crippen LogP) is 3.73. The first kappa shape index (κ1) is 14.9. The normalized spacial score (nSPS) is 10.8. The van der Waals surface area contributed by atoms with E-state index in [0.29, 0.717) is 6.61 Å². The van der Waals surface area contributed by atoms with Gasteiger partial charge in [-0.05, 0) is 6.42 Å². The van der Waals surface area contributed by atoms with Gasteiger partial charge in [-0.15, -0.1) is 4.99 Å². The van der Waals surface area contributed by atoms with Crippen LogP contribution in [0.3, 0.4) is 0 Å².